The highest BCUT2D eigenvalue weighted by Crippen LogP contribution is 2.45. The van der Waals surface area contributed by atoms with Crippen molar-refractivity contribution in [3.63, 3.8) is 0 Å². The topological polar surface area (TPSA) is 41.1 Å². The number of hydrogen-bond acceptors (Lipinski definition) is 3. The van der Waals surface area contributed by atoms with Gasteiger partial charge in [-0.3, -0.25) is 4.79 Å². The Morgan fingerprint density at radius 1 is 1.18 bits per heavy atom. The maximum Gasteiger partial charge on any atom is 0.242 e. The summed E-state index contributed by atoms with van der Waals surface area (Å²) >= 11 is 1.89. The van der Waals surface area contributed by atoms with Crippen LogP contribution in [0.25, 0.3) is 0 Å². The first-order valence-electron chi connectivity index (χ1n) is 10.0. The minimum Gasteiger partial charge on any atom is -0.373 e. The van der Waals surface area contributed by atoms with Crippen LogP contribution in [0.15, 0.2) is 41.3 Å². The van der Waals surface area contributed by atoms with Gasteiger partial charge in [-0.25, -0.2) is 4.39 Å². The molecule has 0 bridgehead atoms. The van der Waals surface area contributed by atoms with Crippen LogP contribution in [0, 0.1) is 19.7 Å². The molecule has 1 unspecified atom stereocenters. The predicted molar refractivity (Wildman–Crippen MR) is 113 cm³/mol. The van der Waals surface area contributed by atoms with Gasteiger partial charge in [0.25, 0.3) is 0 Å². The first-order valence-corrected chi connectivity index (χ1v) is 10.8. The molecule has 0 saturated heterocycles. The molecule has 4 rings (SSSR count). The average Bonchev–Trinajstić information content (AvgIpc) is 3.29. The van der Waals surface area contributed by atoms with Crippen molar-refractivity contribution in [1.82, 2.24) is 5.32 Å². The van der Waals surface area contributed by atoms with E-state index in [1.54, 1.807) is 0 Å². The van der Waals surface area contributed by atoms with Crippen LogP contribution in [-0.2, 0) is 11.2 Å². The summed E-state index contributed by atoms with van der Waals surface area (Å²) in [5.74, 6) is -0.260. The summed E-state index contributed by atoms with van der Waals surface area (Å²) < 4.78 is 14.2. The summed E-state index contributed by atoms with van der Waals surface area (Å²) in [5.41, 5.74) is 3.49. The number of anilines is 1. The molecule has 1 aliphatic carbocycles. The molecular weight excluding hydrogens is 371 g/mol. The van der Waals surface area contributed by atoms with E-state index < -0.39 is 6.04 Å². The third-order valence-corrected chi connectivity index (χ3v) is 7.34. The summed E-state index contributed by atoms with van der Waals surface area (Å²) in [6, 6.07) is 11.7. The van der Waals surface area contributed by atoms with Gasteiger partial charge in [0.15, 0.2) is 0 Å². The molecule has 1 amide bonds. The molecule has 0 spiro atoms. The van der Waals surface area contributed by atoms with Gasteiger partial charge in [0.1, 0.15) is 11.9 Å². The largest absolute Gasteiger partial charge is 0.373 e. The fourth-order valence-electron chi connectivity index (χ4n) is 4.27. The third kappa shape index (κ3) is 4.04. The van der Waals surface area contributed by atoms with Crippen LogP contribution < -0.4 is 10.6 Å². The Bertz CT molecular complexity index is 875. The minimum absolute atomic E-state index is 0.0379. The predicted octanol–water partition coefficient (Wildman–Crippen LogP) is 5.00. The van der Waals surface area contributed by atoms with Crippen molar-refractivity contribution in [2.24, 2.45) is 0 Å². The van der Waals surface area contributed by atoms with Gasteiger partial charge >= 0.3 is 0 Å². The van der Waals surface area contributed by atoms with Crippen LogP contribution in [-0.4, -0.2) is 23.2 Å². The molecule has 1 saturated carbocycles. The van der Waals surface area contributed by atoms with Crippen molar-refractivity contribution in [1.29, 1.82) is 0 Å². The quantitative estimate of drug-likeness (QED) is 0.745. The summed E-state index contributed by atoms with van der Waals surface area (Å²) in [7, 11) is 0. The third-order valence-electron chi connectivity index (χ3n) is 5.85. The molecule has 1 atom stereocenters. The molecule has 2 aromatic carbocycles. The normalized spacial score (nSPS) is 19.9. The lowest BCUT2D eigenvalue weighted by Gasteiger charge is -2.29. The number of carbonyl (C=O) groups excluding carboxylic acids is 1. The van der Waals surface area contributed by atoms with Gasteiger partial charge in [0, 0.05) is 33.9 Å². The number of rotatable bonds is 5. The van der Waals surface area contributed by atoms with E-state index in [4.69, 9.17) is 0 Å². The minimum atomic E-state index is -0.394. The highest BCUT2D eigenvalue weighted by molar-refractivity contribution is 8.00. The van der Waals surface area contributed by atoms with Crippen LogP contribution >= 0.6 is 11.8 Å². The van der Waals surface area contributed by atoms with Crippen LogP contribution in [0.3, 0.4) is 0 Å². The number of thioether (sulfide) groups is 1. The molecule has 0 radical (unpaired) electrons. The van der Waals surface area contributed by atoms with Gasteiger partial charge in [-0.1, -0.05) is 30.5 Å². The lowest BCUT2D eigenvalue weighted by Crippen LogP contribution is -2.45. The number of carbonyl (C=O) groups is 1. The van der Waals surface area contributed by atoms with E-state index in [1.807, 2.05) is 24.8 Å². The highest BCUT2D eigenvalue weighted by atomic mass is 32.2. The number of fused-ring (bicyclic) bond motifs is 1. The van der Waals surface area contributed by atoms with E-state index in [2.05, 4.69) is 41.8 Å². The SMILES string of the molecule is Cc1ccc(SC2(CNC(=O)C3Cc4c(F)cc(C)cc4N3)CCCC2)cc1. The Hall–Kier alpha value is -2.01. The number of hydrogen-bond donors (Lipinski definition) is 2. The number of benzene rings is 2. The zero-order valence-electron chi connectivity index (χ0n) is 16.5. The van der Waals surface area contributed by atoms with E-state index in [0.29, 0.717) is 18.5 Å². The first kappa shape index (κ1) is 19.3. The molecule has 5 heteroatoms. The van der Waals surface area contributed by atoms with E-state index in [9.17, 15) is 9.18 Å². The second kappa shape index (κ2) is 7.78. The Labute approximate surface area is 170 Å². The van der Waals surface area contributed by atoms with Crippen molar-refractivity contribution in [3.05, 3.63) is 58.9 Å². The Balaban J connectivity index is 1.40. The van der Waals surface area contributed by atoms with Crippen LogP contribution in [0.1, 0.15) is 42.4 Å². The molecule has 2 aliphatic rings. The molecule has 1 aliphatic heterocycles. The molecule has 1 fully saturated rings. The molecule has 3 nitrogen and oxygen atoms in total. The molecule has 2 aromatic rings. The standard InChI is InChI=1S/C23H27FN2OS/c1-15-5-7-17(8-6-15)28-23(9-3-4-10-23)14-25-22(27)21-13-18-19(24)11-16(2)12-20(18)26-21/h5-8,11-12,21,26H,3-4,9-10,13-14H2,1-2H3,(H,25,27). The maximum atomic E-state index is 14.2. The maximum absolute atomic E-state index is 14.2. The Morgan fingerprint density at radius 3 is 2.61 bits per heavy atom. The van der Waals surface area contributed by atoms with E-state index >= 15 is 0 Å². The van der Waals surface area contributed by atoms with Gasteiger partial charge in [0.2, 0.25) is 5.91 Å². The van der Waals surface area contributed by atoms with E-state index in [0.717, 1.165) is 24.1 Å². The molecule has 0 aromatic heterocycles. The molecule has 148 valence electrons. The first-order chi connectivity index (χ1) is 13.4. The monoisotopic (exact) mass is 398 g/mol. The Kier molecular flexibility index (Phi) is 5.37. The fraction of sp³-hybridized carbons (Fsp3) is 0.435. The van der Waals surface area contributed by atoms with Gasteiger partial charge < -0.3 is 10.6 Å². The number of halogens is 1. The molecular formula is C23H27FN2OS. The van der Waals surface area contributed by atoms with Crippen molar-refractivity contribution >= 4 is 23.4 Å². The van der Waals surface area contributed by atoms with E-state index in [-0.39, 0.29) is 16.5 Å². The van der Waals surface area contributed by atoms with E-state index in [1.165, 1.54) is 29.4 Å². The van der Waals surface area contributed by atoms with Crippen LogP contribution in [0.5, 0.6) is 0 Å². The van der Waals surface area contributed by atoms with Gasteiger partial charge in [-0.2, -0.15) is 0 Å². The summed E-state index contributed by atoms with van der Waals surface area (Å²) in [5, 5.41) is 6.36. The zero-order chi connectivity index (χ0) is 19.7. The number of amides is 1. The second-order valence-electron chi connectivity index (χ2n) is 8.20. The van der Waals surface area contributed by atoms with Crippen molar-refractivity contribution in [2.75, 3.05) is 11.9 Å². The lowest BCUT2D eigenvalue weighted by molar-refractivity contribution is -0.121. The molecule has 1 heterocycles. The van der Waals surface area contributed by atoms with Crippen LogP contribution in [0.2, 0.25) is 0 Å². The summed E-state index contributed by atoms with van der Waals surface area (Å²) in [6.07, 6.45) is 5.03. The fourth-order valence-corrected chi connectivity index (χ4v) is 5.68. The number of nitrogens with one attached hydrogen (secondary N) is 2. The van der Waals surface area contributed by atoms with Crippen molar-refractivity contribution in [2.45, 2.75) is 61.6 Å². The van der Waals surface area contributed by atoms with Gasteiger partial charge in [-0.05, 0) is 56.5 Å². The van der Waals surface area contributed by atoms with Crippen molar-refractivity contribution in [3.8, 4) is 0 Å². The molecule has 28 heavy (non-hydrogen) atoms. The van der Waals surface area contributed by atoms with Gasteiger partial charge in [0.05, 0.1) is 0 Å². The zero-order valence-corrected chi connectivity index (χ0v) is 17.3. The average molecular weight is 399 g/mol. The smallest absolute Gasteiger partial charge is 0.242 e. The Morgan fingerprint density at radius 2 is 1.89 bits per heavy atom. The second-order valence-corrected chi connectivity index (χ2v) is 9.74. The summed E-state index contributed by atoms with van der Waals surface area (Å²) in [6.45, 7) is 4.61. The van der Waals surface area contributed by atoms with Gasteiger partial charge in [-0.15, -0.1) is 11.8 Å². The lowest BCUT2D eigenvalue weighted by atomic mass is 10.1. The van der Waals surface area contributed by atoms with Crippen molar-refractivity contribution < 1.29 is 9.18 Å². The van der Waals surface area contributed by atoms with Crippen LogP contribution in [0.4, 0.5) is 10.1 Å². The highest BCUT2D eigenvalue weighted by Gasteiger charge is 2.37. The number of aryl methyl sites for hydroxylation is 2. The molecule has 2 N–H and O–H groups in total. The summed E-state index contributed by atoms with van der Waals surface area (Å²) in [4.78, 5) is 14.1.